The number of carbonyl (C=O) groups excluding carboxylic acids is 1. The highest BCUT2D eigenvalue weighted by atomic mass is 16.1. The fourth-order valence-corrected chi connectivity index (χ4v) is 4.48. The summed E-state index contributed by atoms with van der Waals surface area (Å²) in [7, 11) is 0. The normalized spacial score (nSPS) is 12.6. The second-order valence-corrected chi connectivity index (χ2v) is 9.48. The van der Waals surface area contributed by atoms with E-state index in [1.165, 1.54) is 17.7 Å². The summed E-state index contributed by atoms with van der Waals surface area (Å²) in [4.78, 5) is 24.1. The van der Waals surface area contributed by atoms with Crippen LogP contribution >= 0.6 is 0 Å². The van der Waals surface area contributed by atoms with Crippen molar-refractivity contribution >= 4 is 51.1 Å². The van der Waals surface area contributed by atoms with E-state index in [1.807, 2.05) is 48.5 Å². The summed E-state index contributed by atoms with van der Waals surface area (Å²) in [6.45, 7) is 4.24. The standard InChI is InChI=1S/C31H28N6O/c1-21-4-2-5-25(18-21)34-23-7-9-24(10-8-23)35-31(38)22-6-13-30(33-20-22)36-29-14-15-32-28-12-11-26(19-27(28)29)37-16-3-17-37/h2,4-15,18-20,34H,3,16-17H2,1H3,(H,35,38)(H,32,33,36). The molecule has 3 N–H and O–H groups in total. The molecular formula is C31H28N6O. The van der Waals surface area contributed by atoms with Crippen molar-refractivity contribution in [2.45, 2.75) is 13.3 Å². The maximum Gasteiger partial charge on any atom is 0.257 e. The van der Waals surface area contributed by atoms with Crippen LogP contribution in [0.1, 0.15) is 22.3 Å². The first-order valence-electron chi connectivity index (χ1n) is 12.7. The lowest BCUT2D eigenvalue weighted by Gasteiger charge is -2.33. The Kier molecular flexibility index (Phi) is 6.32. The van der Waals surface area contributed by atoms with Crippen molar-refractivity contribution in [1.82, 2.24) is 9.97 Å². The fourth-order valence-electron chi connectivity index (χ4n) is 4.48. The maximum absolute atomic E-state index is 12.8. The Balaban J connectivity index is 1.11. The molecule has 0 unspecified atom stereocenters. The van der Waals surface area contributed by atoms with Gasteiger partial charge in [-0.25, -0.2) is 4.98 Å². The van der Waals surface area contributed by atoms with E-state index in [1.54, 1.807) is 18.5 Å². The van der Waals surface area contributed by atoms with Gasteiger partial charge in [-0.05, 0) is 91.7 Å². The molecule has 7 nitrogen and oxygen atoms in total. The first-order valence-corrected chi connectivity index (χ1v) is 12.7. The van der Waals surface area contributed by atoms with Crippen molar-refractivity contribution in [3.8, 4) is 0 Å². The minimum atomic E-state index is -0.211. The van der Waals surface area contributed by atoms with E-state index >= 15 is 0 Å². The number of hydrogen-bond acceptors (Lipinski definition) is 6. The number of aromatic nitrogens is 2. The Bertz CT molecular complexity index is 1590. The van der Waals surface area contributed by atoms with Crippen LogP contribution < -0.4 is 20.9 Å². The summed E-state index contributed by atoms with van der Waals surface area (Å²) in [6.07, 6.45) is 4.61. The van der Waals surface area contributed by atoms with Crippen LogP contribution in [-0.4, -0.2) is 29.0 Å². The largest absolute Gasteiger partial charge is 0.371 e. The van der Waals surface area contributed by atoms with Crippen LogP contribution in [0.15, 0.2) is 97.3 Å². The quantitative estimate of drug-likeness (QED) is 0.226. The highest BCUT2D eigenvalue weighted by Crippen LogP contribution is 2.30. The van der Waals surface area contributed by atoms with Crippen molar-refractivity contribution < 1.29 is 4.79 Å². The molecular weight excluding hydrogens is 472 g/mol. The summed E-state index contributed by atoms with van der Waals surface area (Å²) >= 11 is 0. The molecule has 3 aromatic carbocycles. The molecule has 1 amide bonds. The second-order valence-electron chi connectivity index (χ2n) is 9.48. The zero-order valence-electron chi connectivity index (χ0n) is 21.1. The van der Waals surface area contributed by atoms with Crippen LogP contribution in [0, 0.1) is 6.92 Å². The van der Waals surface area contributed by atoms with E-state index in [4.69, 9.17) is 0 Å². The number of hydrogen-bond donors (Lipinski definition) is 3. The first kappa shape index (κ1) is 23.5. The molecule has 0 saturated carbocycles. The molecule has 0 aliphatic carbocycles. The Morgan fingerprint density at radius 2 is 1.66 bits per heavy atom. The number of carbonyl (C=O) groups is 1. The average Bonchev–Trinajstić information content (AvgIpc) is 2.90. The Hall–Kier alpha value is -4.91. The van der Waals surface area contributed by atoms with Gasteiger partial charge in [0.15, 0.2) is 0 Å². The lowest BCUT2D eigenvalue weighted by atomic mass is 10.1. The lowest BCUT2D eigenvalue weighted by Crippen LogP contribution is -2.36. The van der Waals surface area contributed by atoms with Crippen molar-refractivity contribution in [2.75, 3.05) is 33.9 Å². The van der Waals surface area contributed by atoms with Gasteiger partial charge < -0.3 is 20.9 Å². The van der Waals surface area contributed by atoms with E-state index in [0.29, 0.717) is 17.1 Å². The molecule has 1 saturated heterocycles. The van der Waals surface area contributed by atoms with Gasteiger partial charge in [0, 0.05) is 53.6 Å². The molecule has 5 aromatic rings. The van der Waals surface area contributed by atoms with Crippen molar-refractivity contribution in [3.05, 3.63) is 108 Å². The molecule has 0 bridgehead atoms. The predicted molar refractivity (Wildman–Crippen MR) is 155 cm³/mol. The molecule has 0 atom stereocenters. The van der Waals surface area contributed by atoms with E-state index in [2.05, 4.69) is 68.1 Å². The van der Waals surface area contributed by atoms with Crippen LogP contribution in [0.5, 0.6) is 0 Å². The Morgan fingerprint density at radius 3 is 2.39 bits per heavy atom. The van der Waals surface area contributed by atoms with Gasteiger partial charge in [0.05, 0.1) is 16.8 Å². The van der Waals surface area contributed by atoms with Gasteiger partial charge in [0.1, 0.15) is 5.82 Å². The Labute approximate surface area is 221 Å². The summed E-state index contributed by atoms with van der Waals surface area (Å²) in [5.41, 5.74) is 7.43. The van der Waals surface area contributed by atoms with Crippen LogP contribution in [0.2, 0.25) is 0 Å². The van der Waals surface area contributed by atoms with Crippen LogP contribution in [0.4, 0.5) is 34.3 Å². The number of anilines is 6. The van der Waals surface area contributed by atoms with Crippen LogP contribution in [-0.2, 0) is 0 Å². The molecule has 2 aromatic heterocycles. The van der Waals surface area contributed by atoms with E-state index in [0.717, 1.165) is 41.1 Å². The number of nitrogens with zero attached hydrogens (tertiary/aromatic N) is 3. The third-order valence-electron chi connectivity index (χ3n) is 6.68. The lowest BCUT2D eigenvalue weighted by molar-refractivity contribution is 0.102. The highest BCUT2D eigenvalue weighted by Gasteiger charge is 2.15. The van der Waals surface area contributed by atoms with E-state index in [9.17, 15) is 4.79 Å². The van der Waals surface area contributed by atoms with Crippen molar-refractivity contribution in [3.63, 3.8) is 0 Å². The number of fused-ring (bicyclic) bond motifs is 1. The van der Waals surface area contributed by atoms with Crippen LogP contribution in [0.25, 0.3) is 10.9 Å². The number of nitrogens with one attached hydrogen (secondary N) is 3. The first-order chi connectivity index (χ1) is 18.6. The molecule has 188 valence electrons. The van der Waals surface area contributed by atoms with Crippen molar-refractivity contribution in [1.29, 1.82) is 0 Å². The second kappa shape index (κ2) is 10.2. The van der Waals surface area contributed by atoms with Gasteiger partial charge in [-0.3, -0.25) is 9.78 Å². The molecule has 1 aliphatic rings. The van der Waals surface area contributed by atoms with Gasteiger partial charge in [-0.15, -0.1) is 0 Å². The zero-order chi connectivity index (χ0) is 25.9. The predicted octanol–water partition coefficient (Wildman–Crippen LogP) is 6.89. The Morgan fingerprint density at radius 1 is 0.816 bits per heavy atom. The van der Waals surface area contributed by atoms with Gasteiger partial charge in [0.25, 0.3) is 5.91 Å². The average molecular weight is 501 g/mol. The molecule has 0 spiro atoms. The number of rotatable bonds is 7. The van der Waals surface area contributed by atoms with Crippen molar-refractivity contribution in [2.24, 2.45) is 0 Å². The van der Waals surface area contributed by atoms with E-state index in [-0.39, 0.29) is 5.91 Å². The smallest absolute Gasteiger partial charge is 0.257 e. The fraction of sp³-hybridized carbons (Fsp3) is 0.129. The molecule has 1 aliphatic heterocycles. The highest BCUT2D eigenvalue weighted by molar-refractivity contribution is 6.04. The zero-order valence-corrected chi connectivity index (χ0v) is 21.1. The summed E-state index contributed by atoms with van der Waals surface area (Å²) in [6, 6.07) is 27.7. The molecule has 1 fully saturated rings. The molecule has 3 heterocycles. The molecule has 7 heteroatoms. The maximum atomic E-state index is 12.8. The third kappa shape index (κ3) is 5.13. The summed E-state index contributed by atoms with van der Waals surface area (Å²) in [5.74, 6) is 0.451. The number of amides is 1. The van der Waals surface area contributed by atoms with Gasteiger partial charge in [-0.1, -0.05) is 12.1 Å². The third-order valence-corrected chi connectivity index (χ3v) is 6.68. The number of aryl methyl sites for hydroxylation is 1. The monoisotopic (exact) mass is 500 g/mol. The SMILES string of the molecule is Cc1cccc(Nc2ccc(NC(=O)c3ccc(Nc4ccnc5ccc(N6CCC6)cc45)nc3)cc2)c1. The summed E-state index contributed by atoms with van der Waals surface area (Å²) in [5, 5.41) is 10.7. The minimum absolute atomic E-state index is 0.211. The van der Waals surface area contributed by atoms with E-state index < -0.39 is 0 Å². The summed E-state index contributed by atoms with van der Waals surface area (Å²) < 4.78 is 0. The van der Waals surface area contributed by atoms with Gasteiger partial charge >= 0.3 is 0 Å². The topological polar surface area (TPSA) is 82.2 Å². The number of benzene rings is 3. The molecule has 0 radical (unpaired) electrons. The van der Waals surface area contributed by atoms with Crippen LogP contribution in [0.3, 0.4) is 0 Å². The minimum Gasteiger partial charge on any atom is -0.371 e. The van der Waals surface area contributed by atoms with Gasteiger partial charge in [0.2, 0.25) is 0 Å². The molecule has 6 rings (SSSR count). The van der Waals surface area contributed by atoms with Gasteiger partial charge in [-0.2, -0.15) is 0 Å². The molecule has 38 heavy (non-hydrogen) atoms. The number of pyridine rings is 2.